The summed E-state index contributed by atoms with van der Waals surface area (Å²) in [5, 5.41) is 7.43. The number of carbonyl (C=O) groups excluding carboxylic acids is 1. The lowest BCUT2D eigenvalue weighted by Gasteiger charge is -2.11. The van der Waals surface area contributed by atoms with Crippen LogP contribution in [0.3, 0.4) is 0 Å². The minimum Gasteiger partial charge on any atom is -0.356 e. The van der Waals surface area contributed by atoms with Crippen molar-refractivity contribution in [3.8, 4) is 0 Å². The number of hydrogen-bond donors (Lipinski definition) is 1. The van der Waals surface area contributed by atoms with Gasteiger partial charge in [-0.3, -0.25) is 9.78 Å². The average molecular weight is 337 g/mol. The first-order valence-corrected chi connectivity index (χ1v) is 8.53. The van der Waals surface area contributed by atoms with Crippen LogP contribution >= 0.6 is 0 Å². The number of amides is 1. The molecule has 0 aliphatic heterocycles. The fourth-order valence-corrected chi connectivity index (χ4v) is 3.01. The molecule has 25 heavy (non-hydrogen) atoms. The predicted octanol–water partition coefficient (Wildman–Crippen LogP) is 2.34. The zero-order chi connectivity index (χ0) is 17.8. The molecule has 0 spiro atoms. The number of aromatic nitrogens is 4. The Bertz CT molecular complexity index is 886. The molecule has 0 saturated carbocycles. The quantitative estimate of drug-likeness (QED) is 0.749. The van der Waals surface area contributed by atoms with Crippen LogP contribution in [-0.2, 0) is 17.6 Å². The molecule has 3 rings (SSSR count). The van der Waals surface area contributed by atoms with Crippen molar-refractivity contribution in [1.82, 2.24) is 24.9 Å². The van der Waals surface area contributed by atoms with E-state index in [0.717, 1.165) is 40.4 Å². The summed E-state index contributed by atoms with van der Waals surface area (Å²) in [7, 11) is 0. The Balaban J connectivity index is 1.57. The van der Waals surface area contributed by atoms with E-state index in [0.29, 0.717) is 19.4 Å². The van der Waals surface area contributed by atoms with Gasteiger partial charge in [0.1, 0.15) is 0 Å². The monoisotopic (exact) mass is 337 g/mol. The van der Waals surface area contributed by atoms with E-state index >= 15 is 0 Å². The van der Waals surface area contributed by atoms with E-state index in [1.165, 1.54) is 0 Å². The molecule has 3 aromatic heterocycles. The topological polar surface area (TPSA) is 72.2 Å². The maximum absolute atomic E-state index is 12.1. The number of nitrogens with zero attached hydrogens (tertiary/aromatic N) is 4. The van der Waals surface area contributed by atoms with Gasteiger partial charge in [0.15, 0.2) is 5.65 Å². The summed E-state index contributed by atoms with van der Waals surface area (Å²) in [5.41, 5.74) is 5.90. The molecule has 0 unspecified atom stereocenters. The van der Waals surface area contributed by atoms with Crippen LogP contribution in [0.15, 0.2) is 30.5 Å². The first-order chi connectivity index (χ1) is 12.0. The summed E-state index contributed by atoms with van der Waals surface area (Å²) in [5.74, 6) is 0.0477. The smallest absolute Gasteiger partial charge is 0.220 e. The molecular weight excluding hydrogens is 314 g/mol. The zero-order valence-corrected chi connectivity index (χ0v) is 14.9. The Morgan fingerprint density at radius 1 is 1.20 bits per heavy atom. The molecule has 0 aliphatic carbocycles. The summed E-state index contributed by atoms with van der Waals surface area (Å²) in [6, 6.07) is 7.77. The lowest BCUT2D eigenvalue weighted by molar-refractivity contribution is -0.121. The van der Waals surface area contributed by atoms with Crippen molar-refractivity contribution in [2.75, 3.05) is 6.54 Å². The number of nitrogens with one attached hydrogen (secondary N) is 1. The predicted molar refractivity (Wildman–Crippen MR) is 96.5 cm³/mol. The molecule has 0 saturated heterocycles. The van der Waals surface area contributed by atoms with Crippen LogP contribution in [0.1, 0.15) is 34.8 Å². The van der Waals surface area contributed by atoms with Gasteiger partial charge in [0.25, 0.3) is 0 Å². The van der Waals surface area contributed by atoms with E-state index in [-0.39, 0.29) is 5.91 Å². The van der Waals surface area contributed by atoms with Gasteiger partial charge in [-0.25, -0.2) is 9.50 Å². The van der Waals surface area contributed by atoms with E-state index in [2.05, 4.69) is 20.4 Å². The lowest BCUT2D eigenvalue weighted by Crippen LogP contribution is -2.26. The Hall–Kier alpha value is -2.76. The standard InChI is InChI=1S/C19H23N5O/c1-13-12-18-22-14(2)17(15(3)24(18)23-13)7-8-19(25)21-11-9-16-6-4-5-10-20-16/h4-6,10,12H,7-9,11H2,1-3H3,(H,21,25). The van der Waals surface area contributed by atoms with Gasteiger partial charge >= 0.3 is 0 Å². The third-order valence-corrected chi connectivity index (χ3v) is 4.32. The van der Waals surface area contributed by atoms with Gasteiger partial charge in [0.2, 0.25) is 5.91 Å². The zero-order valence-electron chi connectivity index (χ0n) is 14.9. The minimum atomic E-state index is 0.0477. The van der Waals surface area contributed by atoms with Gasteiger partial charge in [0.05, 0.1) is 5.69 Å². The summed E-state index contributed by atoms with van der Waals surface area (Å²) in [4.78, 5) is 21.0. The molecule has 0 bridgehead atoms. The van der Waals surface area contributed by atoms with Gasteiger partial charge in [0, 0.05) is 48.7 Å². The number of carbonyl (C=O) groups is 1. The SMILES string of the molecule is Cc1cc2nc(C)c(CCC(=O)NCCc3ccccn3)c(C)n2n1. The second-order valence-electron chi connectivity index (χ2n) is 6.24. The maximum Gasteiger partial charge on any atom is 0.220 e. The Morgan fingerprint density at radius 3 is 2.80 bits per heavy atom. The summed E-state index contributed by atoms with van der Waals surface area (Å²) in [6.07, 6.45) is 3.61. The third-order valence-electron chi connectivity index (χ3n) is 4.32. The van der Waals surface area contributed by atoms with Crippen LogP contribution < -0.4 is 5.32 Å². The highest BCUT2D eigenvalue weighted by Gasteiger charge is 2.12. The number of pyridine rings is 1. The molecule has 3 aromatic rings. The van der Waals surface area contributed by atoms with Crippen molar-refractivity contribution in [3.05, 3.63) is 58.8 Å². The number of fused-ring (bicyclic) bond motifs is 1. The summed E-state index contributed by atoms with van der Waals surface area (Å²) < 4.78 is 1.86. The average Bonchev–Trinajstić information content (AvgIpc) is 2.96. The molecule has 0 fully saturated rings. The van der Waals surface area contributed by atoms with Gasteiger partial charge in [-0.1, -0.05) is 6.07 Å². The fourth-order valence-electron chi connectivity index (χ4n) is 3.01. The minimum absolute atomic E-state index is 0.0477. The third kappa shape index (κ3) is 4.02. The first-order valence-electron chi connectivity index (χ1n) is 8.53. The van der Waals surface area contributed by atoms with Crippen molar-refractivity contribution in [2.24, 2.45) is 0 Å². The van der Waals surface area contributed by atoms with E-state index in [1.807, 2.05) is 49.6 Å². The number of aryl methyl sites for hydroxylation is 3. The van der Waals surface area contributed by atoms with Crippen LogP contribution in [0, 0.1) is 20.8 Å². The normalized spacial score (nSPS) is 11.0. The highest BCUT2D eigenvalue weighted by molar-refractivity contribution is 5.76. The Morgan fingerprint density at radius 2 is 2.04 bits per heavy atom. The highest BCUT2D eigenvalue weighted by Crippen LogP contribution is 2.16. The lowest BCUT2D eigenvalue weighted by atomic mass is 10.1. The largest absolute Gasteiger partial charge is 0.356 e. The molecule has 6 nitrogen and oxygen atoms in total. The molecule has 3 heterocycles. The first kappa shape index (κ1) is 17.1. The van der Waals surface area contributed by atoms with Crippen LogP contribution in [0.2, 0.25) is 0 Å². The molecule has 0 aromatic carbocycles. The molecule has 1 amide bonds. The molecule has 0 atom stereocenters. The van der Waals surface area contributed by atoms with Crippen LogP contribution in [0.25, 0.3) is 5.65 Å². The van der Waals surface area contributed by atoms with Gasteiger partial charge in [-0.05, 0) is 44.9 Å². The van der Waals surface area contributed by atoms with Crippen LogP contribution in [0.5, 0.6) is 0 Å². The molecular formula is C19H23N5O. The van der Waals surface area contributed by atoms with Crippen molar-refractivity contribution < 1.29 is 4.79 Å². The van der Waals surface area contributed by atoms with Crippen molar-refractivity contribution in [2.45, 2.75) is 40.0 Å². The van der Waals surface area contributed by atoms with E-state index in [4.69, 9.17) is 0 Å². The van der Waals surface area contributed by atoms with Crippen molar-refractivity contribution in [1.29, 1.82) is 0 Å². The summed E-state index contributed by atoms with van der Waals surface area (Å²) >= 11 is 0. The van der Waals surface area contributed by atoms with E-state index < -0.39 is 0 Å². The molecule has 130 valence electrons. The second kappa shape index (κ2) is 7.42. The molecule has 1 N–H and O–H groups in total. The van der Waals surface area contributed by atoms with Gasteiger partial charge < -0.3 is 5.32 Å². The van der Waals surface area contributed by atoms with Crippen LogP contribution in [-0.4, -0.2) is 32.0 Å². The molecule has 0 aliphatic rings. The summed E-state index contributed by atoms with van der Waals surface area (Å²) in [6.45, 7) is 6.58. The van der Waals surface area contributed by atoms with Gasteiger partial charge in [-0.2, -0.15) is 5.10 Å². The van der Waals surface area contributed by atoms with Crippen LogP contribution in [0.4, 0.5) is 0 Å². The van der Waals surface area contributed by atoms with Gasteiger partial charge in [-0.15, -0.1) is 0 Å². The number of rotatable bonds is 6. The highest BCUT2D eigenvalue weighted by atomic mass is 16.1. The van der Waals surface area contributed by atoms with Crippen molar-refractivity contribution >= 4 is 11.6 Å². The maximum atomic E-state index is 12.1. The second-order valence-corrected chi connectivity index (χ2v) is 6.24. The molecule has 6 heteroatoms. The van der Waals surface area contributed by atoms with Crippen molar-refractivity contribution in [3.63, 3.8) is 0 Å². The van der Waals surface area contributed by atoms with E-state index in [1.54, 1.807) is 6.20 Å². The van der Waals surface area contributed by atoms with E-state index in [9.17, 15) is 4.79 Å². The Kier molecular flexibility index (Phi) is 5.07. The fraction of sp³-hybridized carbons (Fsp3) is 0.368. The number of hydrogen-bond acceptors (Lipinski definition) is 4. The molecule has 0 radical (unpaired) electrons. The Labute approximate surface area is 147 Å².